The van der Waals surface area contributed by atoms with Crippen molar-refractivity contribution in [3.63, 3.8) is 0 Å². The van der Waals surface area contributed by atoms with E-state index in [0.717, 1.165) is 27.8 Å². The molecule has 1 fully saturated rings. The Kier molecular flexibility index (Phi) is 7.66. The fraction of sp³-hybridized carbons (Fsp3) is 0.333. The largest absolute Gasteiger partial charge is 0.542 e. The minimum absolute atomic E-state index is 0.0841. The number of hydrogen-bond acceptors (Lipinski definition) is 4. The van der Waals surface area contributed by atoms with Crippen LogP contribution in [-0.2, 0) is 27.4 Å². The lowest BCUT2D eigenvalue weighted by atomic mass is 9.79. The lowest BCUT2D eigenvalue weighted by Crippen LogP contribution is -2.63. The van der Waals surface area contributed by atoms with Gasteiger partial charge in [0, 0.05) is 12.1 Å². The fourth-order valence-corrected chi connectivity index (χ4v) is 14.0. The number of benzene rings is 4. The van der Waals surface area contributed by atoms with Gasteiger partial charge >= 0.3 is 7.95 Å². The number of hydrogen-bond donors (Lipinski definition) is 0. The average Bonchev–Trinajstić information content (AvgIpc) is 3.24. The van der Waals surface area contributed by atoms with E-state index in [1.54, 1.807) is 16.1 Å². The number of nitrogens with zero attached hydrogens (tertiary/aromatic N) is 2. The summed E-state index contributed by atoms with van der Waals surface area (Å²) < 4.78 is 40.6. The van der Waals surface area contributed by atoms with E-state index in [9.17, 15) is 8.42 Å². The highest BCUT2D eigenvalue weighted by atomic mass is 35.6. The van der Waals surface area contributed by atoms with Gasteiger partial charge in [-0.05, 0) is 52.1 Å². The van der Waals surface area contributed by atoms with E-state index in [-0.39, 0.29) is 21.8 Å². The second kappa shape index (κ2) is 10.8. The first-order valence-corrected chi connectivity index (χ1v) is 19.4. The van der Waals surface area contributed by atoms with Gasteiger partial charge in [-0.1, -0.05) is 143 Å². The van der Waals surface area contributed by atoms with Crippen molar-refractivity contribution in [1.29, 1.82) is 0 Å². The molecule has 2 heterocycles. The Balaban J connectivity index is 1.65. The van der Waals surface area contributed by atoms with Gasteiger partial charge in [-0.2, -0.15) is 0 Å². The maximum atomic E-state index is 14.9. The summed E-state index contributed by atoms with van der Waals surface area (Å²) in [6.45, 7) is 15.6. The molecular weight excluding hydrogens is 604 g/mol. The van der Waals surface area contributed by atoms with Crippen molar-refractivity contribution in [1.82, 2.24) is 8.54 Å². The topological polar surface area (TPSA) is 49.9 Å². The molecule has 1 unspecified atom stereocenters. The maximum absolute atomic E-state index is 14.9. The van der Waals surface area contributed by atoms with E-state index in [0.29, 0.717) is 12.3 Å². The van der Waals surface area contributed by atoms with E-state index < -0.39 is 24.0 Å². The lowest BCUT2D eigenvalue weighted by molar-refractivity contribution is 0.269. The molecule has 5 nitrogen and oxygen atoms in total. The molecule has 0 radical (unpaired) electrons. The molecule has 3 atom stereocenters. The van der Waals surface area contributed by atoms with Crippen molar-refractivity contribution < 1.29 is 12.8 Å². The van der Waals surface area contributed by atoms with Crippen molar-refractivity contribution in [2.24, 2.45) is 0 Å². The molecule has 0 amide bonds. The predicted molar refractivity (Wildman–Crippen MR) is 180 cm³/mol. The van der Waals surface area contributed by atoms with Gasteiger partial charge in [0.1, 0.15) is 5.75 Å². The van der Waals surface area contributed by atoms with E-state index in [1.165, 1.54) is 5.56 Å². The van der Waals surface area contributed by atoms with E-state index in [1.807, 2.05) is 67.6 Å². The summed E-state index contributed by atoms with van der Waals surface area (Å²) >= 11 is 7.86. The summed E-state index contributed by atoms with van der Waals surface area (Å²) in [5.74, 6) is 0.716. The molecule has 0 spiro atoms. The molecule has 4 aromatic rings. The molecule has 0 aromatic heterocycles. The van der Waals surface area contributed by atoms with Crippen molar-refractivity contribution in [3.05, 3.63) is 130 Å². The molecule has 0 N–H and O–H groups in total. The summed E-state index contributed by atoms with van der Waals surface area (Å²) in [6, 6.07) is 30.5. The van der Waals surface area contributed by atoms with Crippen LogP contribution in [0.1, 0.15) is 87.0 Å². The van der Waals surface area contributed by atoms with Gasteiger partial charge in [0.15, 0.2) is 0 Å². The van der Waals surface area contributed by atoms with E-state index in [4.69, 9.17) is 15.5 Å². The van der Waals surface area contributed by atoms with Crippen LogP contribution in [0.2, 0.25) is 0 Å². The Hall–Kier alpha value is -2.94. The Morgan fingerprint density at radius 3 is 1.84 bits per heavy atom. The van der Waals surface area contributed by atoms with Gasteiger partial charge in [0.2, 0.25) is 10.0 Å². The normalized spacial score (nSPS) is 22.7. The fourth-order valence-electron chi connectivity index (χ4n) is 6.40. The zero-order chi connectivity index (χ0) is 31.7. The Labute approximate surface area is 268 Å². The maximum Gasteiger partial charge on any atom is 0.542 e. The lowest BCUT2D eigenvalue weighted by Gasteiger charge is -2.42. The van der Waals surface area contributed by atoms with Crippen LogP contribution in [0.3, 0.4) is 0 Å². The molecule has 8 heteroatoms. The molecule has 1 saturated heterocycles. The molecule has 230 valence electrons. The number of halogens is 1. The molecule has 0 saturated carbocycles. The number of aryl methyl sites for hydroxylation is 1. The van der Waals surface area contributed by atoms with Gasteiger partial charge in [-0.15, -0.1) is 3.97 Å². The summed E-state index contributed by atoms with van der Waals surface area (Å²) in [6.07, 6.45) is 0. The van der Waals surface area contributed by atoms with E-state index >= 15 is 0 Å². The second-order valence-corrected chi connectivity index (χ2v) is 20.0. The highest BCUT2D eigenvalue weighted by Gasteiger charge is 2.70. The van der Waals surface area contributed by atoms with Crippen LogP contribution in [0.4, 0.5) is 0 Å². The molecule has 4 aromatic carbocycles. The SMILES string of the molecule is Cc1ccc(S(=O)(=O)N2[C@@H](c3ccccc3)[C@@H](c3ccccc3)N3Cc4cc(C(C)(C)C)cc(C(C)(C)C)c4O[Si]32Cl)cc1. The third kappa shape index (κ3) is 5.22. The van der Waals surface area contributed by atoms with E-state index in [2.05, 4.69) is 70.4 Å². The highest BCUT2D eigenvalue weighted by molar-refractivity contribution is 7.91. The molecule has 2 aliphatic rings. The van der Waals surface area contributed by atoms with Crippen LogP contribution >= 0.6 is 11.1 Å². The van der Waals surface area contributed by atoms with Crippen LogP contribution in [-0.4, -0.2) is 24.9 Å². The van der Waals surface area contributed by atoms with Crippen LogP contribution in [0.25, 0.3) is 0 Å². The monoisotopic (exact) mass is 644 g/mol. The van der Waals surface area contributed by atoms with Crippen LogP contribution in [0.15, 0.2) is 102 Å². The third-order valence-corrected chi connectivity index (χ3v) is 16.0. The summed E-state index contributed by atoms with van der Waals surface area (Å²) in [5, 5.41) is 0. The smallest absolute Gasteiger partial charge is 0.506 e. The van der Waals surface area contributed by atoms with Gasteiger partial charge in [-0.25, -0.2) is 8.42 Å². The summed E-state index contributed by atoms with van der Waals surface area (Å²) in [5.41, 5.74) is 5.80. The zero-order valence-electron chi connectivity index (χ0n) is 26.5. The molecule has 2 aliphatic heterocycles. The van der Waals surface area contributed by atoms with Crippen LogP contribution < -0.4 is 4.43 Å². The van der Waals surface area contributed by atoms with Crippen molar-refractivity contribution in [3.8, 4) is 5.75 Å². The Morgan fingerprint density at radius 2 is 1.32 bits per heavy atom. The van der Waals surface area contributed by atoms with Gasteiger partial charge in [0.25, 0.3) is 0 Å². The highest BCUT2D eigenvalue weighted by Crippen LogP contribution is 2.57. The number of rotatable bonds is 4. The molecule has 6 rings (SSSR count). The van der Waals surface area contributed by atoms with Gasteiger partial charge in [-0.3, -0.25) is 4.57 Å². The van der Waals surface area contributed by atoms with Gasteiger partial charge in [0.05, 0.1) is 17.0 Å². The predicted octanol–water partition coefficient (Wildman–Crippen LogP) is 8.65. The number of sulfonamides is 1. The zero-order valence-corrected chi connectivity index (χ0v) is 29.1. The standard InChI is InChI=1S/C36H41ClN2O3SSi/c1-25-18-20-30(21-19-25)43(40,41)39-33(27-16-12-9-13-17-27)32(26-14-10-8-11-15-26)38-24-28-22-29(35(2,3)4)23-31(36(5,6)7)34(28)42-44(38,39)37/h8-23,32-33H,24H2,1-7H3/t32-,33+,44?/m1/s1. The van der Waals surface area contributed by atoms with Crippen molar-refractivity contribution in [2.45, 2.75) is 82.8 Å². The summed E-state index contributed by atoms with van der Waals surface area (Å²) in [4.78, 5) is 0.207. The quantitative estimate of drug-likeness (QED) is 0.165. The summed E-state index contributed by atoms with van der Waals surface area (Å²) in [7, 11) is -8.04. The Morgan fingerprint density at radius 1 is 0.773 bits per heavy atom. The van der Waals surface area contributed by atoms with Crippen LogP contribution in [0.5, 0.6) is 5.75 Å². The minimum Gasteiger partial charge on any atom is -0.506 e. The van der Waals surface area contributed by atoms with Crippen molar-refractivity contribution >= 4 is 29.1 Å². The van der Waals surface area contributed by atoms with Gasteiger partial charge < -0.3 is 4.43 Å². The van der Waals surface area contributed by atoms with Crippen molar-refractivity contribution in [2.75, 3.05) is 0 Å². The third-order valence-electron chi connectivity index (χ3n) is 8.79. The molecule has 0 bridgehead atoms. The number of fused-ring (bicyclic) bond motifs is 2. The first-order chi connectivity index (χ1) is 20.6. The minimum atomic E-state index is -4.11. The van der Waals surface area contributed by atoms with Crippen LogP contribution in [0, 0.1) is 6.92 Å². The molecule has 0 aliphatic carbocycles. The second-order valence-electron chi connectivity index (χ2n) is 14.1. The Bertz CT molecular complexity index is 1790. The molecule has 44 heavy (non-hydrogen) atoms. The molecular formula is C36H41ClN2O3SSi. The first kappa shape index (κ1) is 31.1. The first-order valence-electron chi connectivity index (χ1n) is 15.2. The average molecular weight is 645 g/mol.